The molecule has 3 fully saturated rings. The van der Waals surface area contributed by atoms with Crippen LogP contribution in [0, 0.1) is 29.5 Å². The molecule has 2 unspecified atom stereocenters. The topological polar surface area (TPSA) is 177 Å². The maximum Gasteiger partial charge on any atom is 0.416 e. The zero-order valence-electron chi connectivity index (χ0n) is 40.4. The molecule has 3 aliphatic rings. The zero-order valence-corrected chi connectivity index (χ0v) is 41.2. The molecule has 2 aliphatic carbocycles. The summed E-state index contributed by atoms with van der Waals surface area (Å²) in [6.45, 7) is 27.0. The fraction of sp³-hybridized carbons (Fsp3) is 0.480. The summed E-state index contributed by atoms with van der Waals surface area (Å²) >= 11 is 1.55. The third-order valence-corrected chi connectivity index (χ3v) is 13.0. The number of likely N-dealkylation sites (tertiary alicyclic amines) is 1. The molecule has 4 atom stereocenters. The number of likely N-dealkylation sites (N-methyl/N-ethyl adjacent to an activating group) is 1. The van der Waals surface area contributed by atoms with Crippen molar-refractivity contribution < 1.29 is 41.5 Å². The summed E-state index contributed by atoms with van der Waals surface area (Å²) in [5.74, 6) is 0.681. The van der Waals surface area contributed by atoms with Crippen LogP contribution in [0.4, 0.5) is 23.2 Å². The number of nitrogens with zero attached hydrogens (tertiary/aromatic N) is 2. The standard InChI is InChI=1S/C17H18N2O2S.C17H26N2O.C13H15F4NO.CH5N.2CH2O/c1-9(2)13-8-22-17(19-13)12-7-14(20)11-5-6-15(21-4)10(3)16(11)18-12;1-5-13-11-17(13,12(2)16(3)8-9-16)18-15(20)14-7-6-10-19(14)4;1-12(2,3)11(7-19)18-10-5-8(13(15,16)17)4-9(14)6-10;3*1-2/h5-9H,1-4H3,(H,18,20);5,13-14H,1-2,6-11H2,3-4H3,(H,18,20);4-7,11,18H,1-3H3;2H2,1H3;2*1H2/t;13?,14?,17-;11-;;;/m.01.../s1. The minimum Gasteiger partial charge on any atom is -0.496 e. The van der Waals surface area contributed by atoms with Crippen molar-refractivity contribution in [1.82, 2.24) is 20.2 Å². The second-order valence-electron chi connectivity index (χ2n) is 18.1. The van der Waals surface area contributed by atoms with Crippen LogP contribution >= 0.6 is 11.3 Å². The first kappa shape index (κ1) is 57.6. The number of aryl methyl sites for hydroxylation is 1. The molecule has 12 nitrogen and oxygen atoms in total. The Hall–Kier alpha value is -5.52. The molecule has 2 aromatic heterocycles. The lowest BCUT2D eigenvalue weighted by Gasteiger charge is -2.29. The summed E-state index contributed by atoms with van der Waals surface area (Å²) in [5.41, 5.74) is 7.65. The number of carbonyl (C=O) groups is 4. The Bertz CT molecular complexity index is 2370. The molecule has 1 saturated heterocycles. The largest absolute Gasteiger partial charge is 0.496 e. The molecular weight excluding hydrogens is 889 g/mol. The minimum absolute atomic E-state index is 0.00389. The monoisotopic (exact) mass is 956 g/mol. The molecule has 368 valence electrons. The Morgan fingerprint density at radius 3 is 2.18 bits per heavy atom. The van der Waals surface area contributed by atoms with Crippen molar-refractivity contribution in [3.8, 4) is 16.5 Å². The fourth-order valence-corrected chi connectivity index (χ4v) is 8.58. The second kappa shape index (κ2) is 24.5. The number of alkyl halides is 3. The van der Waals surface area contributed by atoms with Crippen LogP contribution in [0.25, 0.3) is 21.6 Å². The first-order chi connectivity index (χ1) is 31.5. The molecule has 4 aromatic rings. The number of nitrogens with one attached hydrogen (secondary N) is 3. The second-order valence-corrected chi connectivity index (χ2v) is 19.0. The van der Waals surface area contributed by atoms with Crippen molar-refractivity contribution in [3.63, 3.8) is 0 Å². The average Bonchev–Trinajstić information content (AvgIpc) is 4.06. The van der Waals surface area contributed by atoms with Gasteiger partial charge in [-0.25, -0.2) is 9.37 Å². The van der Waals surface area contributed by atoms with Gasteiger partial charge in [0.25, 0.3) is 0 Å². The lowest BCUT2D eigenvalue weighted by atomic mass is 9.87. The van der Waals surface area contributed by atoms with Gasteiger partial charge in [0, 0.05) is 34.0 Å². The van der Waals surface area contributed by atoms with E-state index in [4.69, 9.17) is 14.3 Å². The van der Waals surface area contributed by atoms with Crippen LogP contribution < -0.4 is 26.5 Å². The number of benzene rings is 2. The minimum atomic E-state index is -4.63. The normalized spacial score (nSPS) is 19.3. The van der Waals surface area contributed by atoms with Crippen LogP contribution in [0.1, 0.15) is 96.4 Å². The van der Waals surface area contributed by atoms with E-state index in [9.17, 15) is 31.9 Å². The summed E-state index contributed by atoms with van der Waals surface area (Å²) in [7, 11) is 5.17. The summed E-state index contributed by atoms with van der Waals surface area (Å²) < 4.78 is 56.1. The Balaban J connectivity index is 0.000000327. The number of pyridine rings is 1. The Morgan fingerprint density at radius 2 is 1.72 bits per heavy atom. The van der Waals surface area contributed by atoms with E-state index in [0.29, 0.717) is 29.6 Å². The maximum atomic E-state index is 13.2. The fourth-order valence-electron chi connectivity index (χ4n) is 7.63. The van der Waals surface area contributed by atoms with E-state index < -0.39 is 29.0 Å². The number of hydrogen-bond acceptors (Lipinski definition) is 11. The SMILES string of the molecule is C=CC1C[C@]1(NC(=O)C1CCCN1C)C(=C)C1(C)CC1.C=O.C=O.CC(C)(C)[C@@H](C=O)Nc1cc(F)cc(C(F)(F)F)c1.CN.COc1ccc2c(=O)cc(-c3nc(C(C)C)cs3)[nH]c2c1C. The third-order valence-electron chi connectivity index (χ3n) is 12.1. The van der Waals surface area contributed by atoms with Gasteiger partial charge in [-0.1, -0.05) is 54.2 Å². The lowest BCUT2D eigenvalue weighted by Crippen LogP contribution is -2.49. The van der Waals surface area contributed by atoms with Gasteiger partial charge in [0.15, 0.2) is 5.43 Å². The highest BCUT2D eigenvalue weighted by atomic mass is 32.1. The van der Waals surface area contributed by atoms with Crippen molar-refractivity contribution in [1.29, 1.82) is 0 Å². The highest BCUT2D eigenvalue weighted by Crippen LogP contribution is 2.62. The van der Waals surface area contributed by atoms with Crippen molar-refractivity contribution in [2.45, 2.75) is 110 Å². The molecule has 1 aliphatic heterocycles. The van der Waals surface area contributed by atoms with Gasteiger partial charge in [-0.2, -0.15) is 13.2 Å². The van der Waals surface area contributed by atoms with Crippen molar-refractivity contribution >= 4 is 53.7 Å². The van der Waals surface area contributed by atoms with Gasteiger partial charge in [0.1, 0.15) is 36.4 Å². The number of aldehydes is 1. The molecule has 7 rings (SSSR count). The van der Waals surface area contributed by atoms with E-state index in [1.54, 1.807) is 51.4 Å². The molecule has 2 saturated carbocycles. The number of nitrogens with two attached hydrogens (primary N) is 1. The van der Waals surface area contributed by atoms with E-state index in [2.05, 4.69) is 65.2 Å². The molecule has 67 heavy (non-hydrogen) atoms. The van der Waals surface area contributed by atoms with Crippen molar-refractivity contribution in [2.75, 3.05) is 33.1 Å². The Morgan fingerprint density at radius 1 is 1.09 bits per heavy atom. The number of fused-ring (bicyclic) bond motifs is 1. The third kappa shape index (κ3) is 14.5. The predicted molar refractivity (Wildman–Crippen MR) is 261 cm³/mol. The molecule has 5 N–H and O–H groups in total. The van der Waals surface area contributed by atoms with Gasteiger partial charge in [-0.15, -0.1) is 17.9 Å². The molecule has 17 heteroatoms. The highest BCUT2D eigenvalue weighted by molar-refractivity contribution is 7.13. The molecule has 3 heterocycles. The summed E-state index contributed by atoms with van der Waals surface area (Å²) in [5, 5.41) is 9.50. The number of aromatic nitrogens is 2. The molecular formula is C50H68F4N6O6S. The molecule has 0 bridgehead atoms. The quantitative estimate of drug-likeness (QED) is 0.0643. The number of rotatable bonds is 11. The van der Waals surface area contributed by atoms with E-state index in [0.717, 1.165) is 71.2 Å². The van der Waals surface area contributed by atoms with Crippen LogP contribution in [0.15, 0.2) is 71.4 Å². The number of anilines is 1. The smallest absolute Gasteiger partial charge is 0.416 e. The molecule has 0 radical (unpaired) electrons. The van der Waals surface area contributed by atoms with Crippen molar-refractivity contribution in [3.05, 3.63) is 99.4 Å². The van der Waals surface area contributed by atoms with E-state index in [1.165, 1.54) is 25.5 Å². The van der Waals surface area contributed by atoms with E-state index in [-0.39, 0.29) is 34.0 Å². The van der Waals surface area contributed by atoms with Crippen LogP contribution in [0.5, 0.6) is 5.75 Å². The lowest BCUT2D eigenvalue weighted by molar-refractivity contribution is -0.137. The van der Waals surface area contributed by atoms with E-state index in [1.807, 2.05) is 45.1 Å². The summed E-state index contributed by atoms with van der Waals surface area (Å²) in [6, 6.07) is 6.70. The van der Waals surface area contributed by atoms with Gasteiger partial charge in [-0.05, 0) is 112 Å². The van der Waals surface area contributed by atoms with Crippen LogP contribution in [0.3, 0.4) is 0 Å². The summed E-state index contributed by atoms with van der Waals surface area (Å²) in [6.07, 6.45) is 3.43. The number of amides is 1. The highest BCUT2D eigenvalue weighted by Gasteiger charge is 2.62. The van der Waals surface area contributed by atoms with Crippen LogP contribution in [-0.4, -0.2) is 86.0 Å². The number of carbonyl (C=O) groups excluding carboxylic acids is 4. The number of ether oxygens (including phenoxy) is 1. The number of methoxy groups -OCH3 is 1. The first-order valence-corrected chi connectivity index (χ1v) is 22.6. The zero-order chi connectivity index (χ0) is 51.2. The van der Waals surface area contributed by atoms with Crippen molar-refractivity contribution in [2.24, 2.45) is 22.5 Å². The van der Waals surface area contributed by atoms with Gasteiger partial charge in [-0.3, -0.25) is 14.5 Å². The van der Waals surface area contributed by atoms with Crippen LogP contribution in [-0.2, 0) is 25.4 Å². The average molecular weight is 957 g/mol. The maximum absolute atomic E-state index is 13.2. The Labute approximate surface area is 395 Å². The molecule has 2 aromatic carbocycles. The number of H-pyrrole nitrogens is 1. The molecule has 0 spiro atoms. The first-order valence-electron chi connectivity index (χ1n) is 21.7. The Kier molecular flexibility index (Phi) is 21.1. The molecule has 1 amide bonds. The van der Waals surface area contributed by atoms with Gasteiger partial charge in [0.2, 0.25) is 5.91 Å². The van der Waals surface area contributed by atoms with E-state index >= 15 is 0 Å². The number of hydrogen-bond donors (Lipinski definition) is 4. The summed E-state index contributed by atoms with van der Waals surface area (Å²) in [4.78, 5) is 62.0. The van der Waals surface area contributed by atoms with Gasteiger partial charge >= 0.3 is 6.18 Å². The van der Waals surface area contributed by atoms with Crippen LogP contribution in [0.2, 0.25) is 0 Å². The van der Waals surface area contributed by atoms with Gasteiger partial charge < -0.3 is 40.5 Å². The number of aromatic amines is 1. The van der Waals surface area contributed by atoms with Gasteiger partial charge in [0.05, 0.1) is 47.2 Å². The number of thiazole rings is 1. The predicted octanol–water partition coefficient (Wildman–Crippen LogP) is 9.66. The number of halogens is 4.